The first kappa shape index (κ1) is 11.5. The smallest absolute Gasteiger partial charge is 0.124 e. The van der Waals surface area contributed by atoms with Crippen LogP contribution in [0, 0.1) is 6.92 Å². The lowest BCUT2D eigenvalue weighted by Gasteiger charge is -2.06. The van der Waals surface area contributed by atoms with Gasteiger partial charge in [0.2, 0.25) is 0 Å². The molecule has 0 unspecified atom stereocenters. The predicted octanol–water partition coefficient (Wildman–Crippen LogP) is 3.88. The Labute approximate surface area is 101 Å². The minimum Gasteiger partial charge on any atom is -0.327 e. The maximum atomic E-state index is 5.94. The molecule has 3 heteroatoms. The Bertz CT molecular complexity index is 488. The van der Waals surface area contributed by atoms with Crippen LogP contribution in [0.2, 0.25) is 0 Å². The summed E-state index contributed by atoms with van der Waals surface area (Å²) in [5.74, 6) is 1.47. The van der Waals surface area contributed by atoms with Gasteiger partial charge in [0, 0.05) is 6.54 Å². The van der Waals surface area contributed by atoms with Crippen LogP contribution in [-0.4, -0.2) is 9.55 Å². The molecule has 0 saturated heterocycles. The third-order valence-electron chi connectivity index (χ3n) is 2.84. The highest BCUT2D eigenvalue weighted by Crippen LogP contribution is 2.19. The van der Waals surface area contributed by atoms with Crippen LogP contribution in [0.1, 0.15) is 31.2 Å². The summed E-state index contributed by atoms with van der Waals surface area (Å²) in [4.78, 5) is 4.58. The zero-order valence-electron chi connectivity index (χ0n) is 9.83. The molecule has 1 aromatic carbocycles. The number of rotatable bonds is 4. The van der Waals surface area contributed by atoms with Crippen LogP contribution in [0.3, 0.4) is 0 Å². The first-order chi connectivity index (χ1) is 7.76. The summed E-state index contributed by atoms with van der Waals surface area (Å²) in [6.07, 6.45) is 2.36. The molecule has 1 aromatic heterocycles. The maximum Gasteiger partial charge on any atom is 0.124 e. The normalized spacial score (nSPS) is 11.2. The summed E-state index contributed by atoms with van der Waals surface area (Å²) in [7, 11) is 0. The first-order valence-corrected chi connectivity index (χ1v) is 6.31. The van der Waals surface area contributed by atoms with Gasteiger partial charge in [-0.05, 0) is 31.0 Å². The second kappa shape index (κ2) is 4.88. The van der Waals surface area contributed by atoms with E-state index in [9.17, 15) is 0 Å². The second-order valence-electron chi connectivity index (χ2n) is 4.16. The van der Waals surface area contributed by atoms with Gasteiger partial charge in [-0.3, -0.25) is 0 Å². The van der Waals surface area contributed by atoms with E-state index in [1.165, 1.54) is 23.9 Å². The van der Waals surface area contributed by atoms with Crippen LogP contribution < -0.4 is 0 Å². The van der Waals surface area contributed by atoms with Gasteiger partial charge in [-0.15, -0.1) is 11.6 Å². The summed E-state index contributed by atoms with van der Waals surface area (Å²) in [5, 5.41) is 0. The topological polar surface area (TPSA) is 17.8 Å². The molecule has 0 spiro atoms. The molecule has 2 rings (SSSR count). The molecule has 2 nitrogen and oxygen atoms in total. The van der Waals surface area contributed by atoms with Crippen molar-refractivity contribution in [1.29, 1.82) is 0 Å². The van der Waals surface area contributed by atoms with Crippen LogP contribution in [0.5, 0.6) is 0 Å². The number of nitrogens with zero attached hydrogens (tertiary/aromatic N) is 2. The molecule has 86 valence electrons. The standard InChI is InChI=1S/C13H17ClN2/c1-3-4-7-16-12-6-5-10(2)8-11(12)15-13(16)9-14/h5-6,8H,3-4,7,9H2,1-2H3. The van der Waals surface area contributed by atoms with E-state index >= 15 is 0 Å². The molecule has 2 aromatic rings. The molecule has 0 aliphatic carbocycles. The first-order valence-electron chi connectivity index (χ1n) is 5.78. The molecule has 1 heterocycles. The van der Waals surface area contributed by atoms with E-state index in [0.29, 0.717) is 5.88 Å². The molecular formula is C13H17ClN2. The van der Waals surface area contributed by atoms with Crippen molar-refractivity contribution >= 4 is 22.6 Å². The van der Waals surface area contributed by atoms with Gasteiger partial charge in [-0.2, -0.15) is 0 Å². The Morgan fingerprint density at radius 1 is 1.38 bits per heavy atom. The van der Waals surface area contributed by atoms with Crippen molar-refractivity contribution in [1.82, 2.24) is 9.55 Å². The number of hydrogen-bond acceptors (Lipinski definition) is 1. The SMILES string of the molecule is CCCCn1c(CCl)nc2cc(C)ccc21. The maximum absolute atomic E-state index is 5.94. The van der Waals surface area contributed by atoms with Gasteiger partial charge in [0.15, 0.2) is 0 Å². The molecule has 0 fully saturated rings. The number of unbranched alkanes of at least 4 members (excludes halogenated alkanes) is 1. The molecule has 0 bridgehead atoms. The van der Waals surface area contributed by atoms with Crippen molar-refractivity contribution in [3.8, 4) is 0 Å². The summed E-state index contributed by atoms with van der Waals surface area (Å²) in [6.45, 7) is 5.30. The molecular weight excluding hydrogens is 220 g/mol. The van der Waals surface area contributed by atoms with Gasteiger partial charge in [0.25, 0.3) is 0 Å². The highest BCUT2D eigenvalue weighted by Gasteiger charge is 2.08. The quantitative estimate of drug-likeness (QED) is 0.737. The van der Waals surface area contributed by atoms with E-state index in [1.807, 2.05) is 0 Å². The van der Waals surface area contributed by atoms with Crippen molar-refractivity contribution in [3.63, 3.8) is 0 Å². The second-order valence-corrected chi connectivity index (χ2v) is 4.43. The van der Waals surface area contributed by atoms with E-state index in [0.717, 1.165) is 17.9 Å². The van der Waals surface area contributed by atoms with E-state index in [1.54, 1.807) is 0 Å². The van der Waals surface area contributed by atoms with Crippen molar-refractivity contribution in [2.75, 3.05) is 0 Å². The molecule has 0 N–H and O–H groups in total. The lowest BCUT2D eigenvalue weighted by molar-refractivity contribution is 0.628. The summed E-state index contributed by atoms with van der Waals surface area (Å²) in [5.41, 5.74) is 3.51. The average Bonchev–Trinajstić information content (AvgIpc) is 2.63. The monoisotopic (exact) mass is 236 g/mol. The highest BCUT2D eigenvalue weighted by molar-refractivity contribution is 6.16. The van der Waals surface area contributed by atoms with Gasteiger partial charge in [0.1, 0.15) is 5.82 Å². The van der Waals surface area contributed by atoms with Crippen molar-refractivity contribution in [3.05, 3.63) is 29.6 Å². The lowest BCUT2D eigenvalue weighted by Crippen LogP contribution is -2.02. The van der Waals surface area contributed by atoms with Crippen molar-refractivity contribution in [2.24, 2.45) is 0 Å². The van der Waals surface area contributed by atoms with Gasteiger partial charge in [0.05, 0.1) is 16.9 Å². The largest absolute Gasteiger partial charge is 0.327 e. The Morgan fingerprint density at radius 2 is 2.19 bits per heavy atom. The summed E-state index contributed by atoms with van der Waals surface area (Å²) in [6, 6.07) is 6.39. The molecule has 0 aliphatic heterocycles. The summed E-state index contributed by atoms with van der Waals surface area (Å²) >= 11 is 5.94. The van der Waals surface area contributed by atoms with Crippen LogP contribution in [-0.2, 0) is 12.4 Å². The molecule has 0 saturated carbocycles. The number of aryl methyl sites for hydroxylation is 2. The molecule has 0 atom stereocenters. The number of fused-ring (bicyclic) bond motifs is 1. The van der Waals surface area contributed by atoms with Gasteiger partial charge in [-0.1, -0.05) is 19.4 Å². The summed E-state index contributed by atoms with van der Waals surface area (Å²) < 4.78 is 2.24. The number of halogens is 1. The Balaban J connectivity index is 2.50. The van der Waals surface area contributed by atoms with E-state index in [2.05, 4.69) is 41.6 Å². The Kier molecular flexibility index (Phi) is 3.49. The highest BCUT2D eigenvalue weighted by atomic mass is 35.5. The van der Waals surface area contributed by atoms with Crippen LogP contribution in [0.4, 0.5) is 0 Å². The van der Waals surface area contributed by atoms with Gasteiger partial charge < -0.3 is 4.57 Å². The van der Waals surface area contributed by atoms with Crippen LogP contribution >= 0.6 is 11.6 Å². The van der Waals surface area contributed by atoms with E-state index in [4.69, 9.17) is 11.6 Å². The predicted molar refractivity (Wildman–Crippen MR) is 68.9 cm³/mol. The minimum atomic E-state index is 0.484. The van der Waals surface area contributed by atoms with Crippen LogP contribution in [0.15, 0.2) is 18.2 Å². The third-order valence-corrected chi connectivity index (χ3v) is 3.08. The van der Waals surface area contributed by atoms with Crippen molar-refractivity contribution < 1.29 is 0 Å². The molecule has 0 amide bonds. The average molecular weight is 237 g/mol. The number of hydrogen-bond donors (Lipinski definition) is 0. The number of imidazole rings is 1. The van der Waals surface area contributed by atoms with Gasteiger partial charge in [-0.25, -0.2) is 4.98 Å². The van der Waals surface area contributed by atoms with E-state index in [-0.39, 0.29) is 0 Å². The Morgan fingerprint density at radius 3 is 2.88 bits per heavy atom. The van der Waals surface area contributed by atoms with Crippen molar-refractivity contribution in [2.45, 2.75) is 39.1 Å². The fraction of sp³-hybridized carbons (Fsp3) is 0.462. The molecule has 0 aliphatic rings. The number of aromatic nitrogens is 2. The molecule has 16 heavy (non-hydrogen) atoms. The fourth-order valence-electron chi connectivity index (χ4n) is 1.96. The third kappa shape index (κ3) is 2.07. The fourth-order valence-corrected chi connectivity index (χ4v) is 2.16. The van der Waals surface area contributed by atoms with Crippen LogP contribution in [0.25, 0.3) is 11.0 Å². The van der Waals surface area contributed by atoms with E-state index < -0.39 is 0 Å². The zero-order valence-corrected chi connectivity index (χ0v) is 10.6. The number of alkyl halides is 1. The molecule has 0 radical (unpaired) electrons. The lowest BCUT2D eigenvalue weighted by atomic mass is 10.2. The number of benzene rings is 1. The Hall–Kier alpha value is -1.02. The zero-order chi connectivity index (χ0) is 11.5. The van der Waals surface area contributed by atoms with Gasteiger partial charge >= 0.3 is 0 Å². The minimum absolute atomic E-state index is 0.484.